The summed E-state index contributed by atoms with van der Waals surface area (Å²) in [6, 6.07) is 4.80. The van der Waals surface area contributed by atoms with Gasteiger partial charge >= 0.3 is 11.4 Å². The Morgan fingerprint density at radius 3 is 2.81 bits per heavy atom. The molecule has 0 unspecified atom stereocenters. The molecule has 0 amide bonds. The zero-order valence-corrected chi connectivity index (χ0v) is 8.10. The van der Waals surface area contributed by atoms with Crippen LogP contribution in [0.3, 0.4) is 0 Å². The smallest absolute Gasteiger partial charge is 0.372 e. The number of aromatic nitrogens is 1. The van der Waals surface area contributed by atoms with Crippen LogP contribution in [0.5, 0.6) is 0 Å². The molecule has 0 aliphatic rings. The van der Waals surface area contributed by atoms with E-state index in [2.05, 4.69) is 9.40 Å². The van der Waals surface area contributed by atoms with Gasteiger partial charge in [-0.05, 0) is 23.8 Å². The Morgan fingerprint density at radius 1 is 1.25 bits per heavy atom. The molecule has 16 heavy (non-hydrogen) atoms. The Balaban J connectivity index is 2.71. The van der Waals surface area contributed by atoms with Crippen LogP contribution in [0.25, 0.3) is 17.0 Å². The maximum atomic E-state index is 11.3. The molecule has 0 fully saturated rings. The molecule has 1 heterocycles. The van der Waals surface area contributed by atoms with Crippen molar-refractivity contribution >= 4 is 23.3 Å². The summed E-state index contributed by atoms with van der Waals surface area (Å²) in [5, 5.41) is 0.271. The summed E-state index contributed by atoms with van der Waals surface area (Å²) in [5.41, 5.74) is 0.392. The number of carbonyl (C=O) groups is 1. The Bertz CT molecular complexity index is 678. The molecule has 0 bridgehead atoms. The third kappa shape index (κ3) is 1.83. The number of carbonyl (C=O) groups excluding carboxylic acids is 1. The third-order valence-electron chi connectivity index (χ3n) is 2.05. The van der Waals surface area contributed by atoms with E-state index in [0.29, 0.717) is 17.4 Å². The maximum absolute atomic E-state index is 11.3. The van der Waals surface area contributed by atoms with Gasteiger partial charge in [0.2, 0.25) is 0 Å². The molecule has 1 N–H and O–H groups in total. The highest BCUT2D eigenvalue weighted by Gasteiger charge is 2.02. The molecule has 5 nitrogen and oxygen atoms in total. The molecule has 2 aromatic rings. The highest BCUT2D eigenvalue weighted by molar-refractivity contribution is 5.81. The Morgan fingerprint density at radius 2 is 2.06 bits per heavy atom. The lowest BCUT2D eigenvalue weighted by molar-refractivity contribution is -0.104. The molecule has 1 aromatic heterocycles. The van der Waals surface area contributed by atoms with Gasteiger partial charge in [0.05, 0.1) is 10.9 Å². The molecule has 0 radical (unpaired) electrons. The summed E-state index contributed by atoms with van der Waals surface area (Å²) in [6.45, 7) is 0. The van der Waals surface area contributed by atoms with E-state index in [4.69, 9.17) is 0 Å². The van der Waals surface area contributed by atoms with Crippen molar-refractivity contribution in [3.63, 3.8) is 0 Å². The van der Waals surface area contributed by atoms with Crippen LogP contribution in [-0.4, -0.2) is 11.3 Å². The number of benzene rings is 1. The predicted molar refractivity (Wildman–Crippen MR) is 58.2 cm³/mol. The second-order valence-corrected chi connectivity index (χ2v) is 3.10. The Labute approximate surface area is 89.0 Å². The summed E-state index contributed by atoms with van der Waals surface area (Å²) < 4.78 is 4.39. The van der Waals surface area contributed by atoms with Gasteiger partial charge in [-0.15, -0.1) is 0 Å². The number of H-pyrrole nitrogens is 1. The lowest BCUT2D eigenvalue weighted by Crippen LogP contribution is -2.14. The van der Waals surface area contributed by atoms with Gasteiger partial charge in [0.25, 0.3) is 0 Å². The summed E-state index contributed by atoms with van der Waals surface area (Å²) in [7, 11) is 0. The quantitative estimate of drug-likeness (QED) is 0.593. The van der Waals surface area contributed by atoms with E-state index >= 15 is 0 Å². The van der Waals surface area contributed by atoms with Crippen molar-refractivity contribution in [2.45, 2.75) is 0 Å². The van der Waals surface area contributed by atoms with Crippen LogP contribution in [0.1, 0.15) is 5.56 Å². The van der Waals surface area contributed by atoms with Crippen molar-refractivity contribution < 1.29 is 9.21 Å². The first-order chi connectivity index (χ1) is 7.70. The number of allylic oxidation sites excluding steroid dienone is 1. The maximum Gasteiger partial charge on any atom is 0.419 e. The van der Waals surface area contributed by atoms with Crippen LogP contribution < -0.4 is 11.4 Å². The summed E-state index contributed by atoms with van der Waals surface area (Å²) in [4.78, 5) is 34.8. The summed E-state index contributed by atoms with van der Waals surface area (Å²) in [6.07, 6.45) is 3.50. The molecule has 0 saturated heterocycles. The molecule has 0 aliphatic carbocycles. The number of fused-ring (bicyclic) bond motifs is 1. The van der Waals surface area contributed by atoms with E-state index in [0.717, 1.165) is 0 Å². The molecular weight excluding hydrogens is 210 g/mol. The van der Waals surface area contributed by atoms with Gasteiger partial charge in [0, 0.05) is 0 Å². The van der Waals surface area contributed by atoms with Gasteiger partial charge in [-0.3, -0.25) is 9.78 Å². The first-order valence-electron chi connectivity index (χ1n) is 4.50. The van der Waals surface area contributed by atoms with Gasteiger partial charge in [-0.2, -0.15) is 0 Å². The van der Waals surface area contributed by atoms with Crippen LogP contribution in [0, 0.1) is 0 Å². The van der Waals surface area contributed by atoms with Crippen molar-refractivity contribution in [2.24, 2.45) is 0 Å². The zero-order chi connectivity index (χ0) is 11.5. The fraction of sp³-hybridized carbons (Fsp3) is 0. The van der Waals surface area contributed by atoms with E-state index in [1.807, 2.05) is 0 Å². The van der Waals surface area contributed by atoms with E-state index in [1.54, 1.807) is 18.2 Å². The average Bonchev–Trinajstić information content (AvgIpc) is 2.26. The van der Waals surface area contributed by atoms with Crippen molar-refractivity contribution in [1.29, 1.82) is 0 Å². The van der Waals surface area contributed by atoms with Gasteiger partial charge in [-0.25, -0.2) is 9.59 Å². The standard InChI is InChI=1S/C11H7NO4/c13-5-1-2-7-3-4-9-8(6-7)10(14)16-11(15)12-9/h1-6H,(H,12,15). The minimum Gasteiger partial charge on any atom is -0.372 e. The third-order valence-corrected chi connectivity index (χ3v) is 2.05. The second-order valence-electron chi connectivity index (χ2n) is 3.10. The van der Waals surface area contributed by atoms with Crippen LogP contribution >= 0.6 is 0 Å². The second kappa shape index (κ2) is 3.98. The fourth-order valence-electron chi connectivity index (χ4n) is 1.37. The minimum absolute atomic E-state index is 0.271. The number of aldehydes is 1. The fourth-order valence-corrected chi connectivity index (χ4v) is 1.37. The number of rotatable bonds is 2. The molecular formula is C11H7NO4. The first-order valence-corrected chi connectivity index (χ1v) is 4.50. The number of nitrogens with one attached hydrogen (secondary N) is 1. The SMILES string of the molecule is O=CC=Cc1ccc2[nH]c(=O)oc(=O)c2c1. The van der Waals surface area contributed by atoms with Gasteiger partial charge in [-0.1, -0.05) is 12.1 Å². The van der Waals surface area contributed by atoms with E-state index in [1.165, 1.54) is 12.1 Å². The number of aromatic amines is 1. The molecule has 1 aromatic carbocycles. The summed E-state index contributed by atoms with van der Waals surface area (Å²) in [5.74, 6) is -0.784. The number of hydrogen-bond donors (Lipinski definition) is 1. The molecule has 0 atom stereocenters. The first kappa shape index (κ1) is 10.1. The molecule has 0 spiro atoms. The van der Waals surface area contributed by atoms with Crippen LogP contribution in [0.2, 0.25) is 0 Å². The van der Waals surface area contributed by atoms with Gasteiger partial charge in [0.15, 0.2) is 0 Å². The molecule has 80 valence electrons. The van der Waals surface area contributed by atoms with Gasteiger partial charge in [0.1, 0.15) is 6.29 Å². The molecule has 2 rings (SSSR count). The van der Waals surface area contributed by atoms with Crippen molar-refractivity contribution in [2.75, 3.05) is 0 Å². The monoisotopic (exact) mass is 217 g/mol. The van der Waals surface area contributed by atoms with Crippen molar-refractivity contribution in [1.82, 2.24) is 4.98 Å². The lowest BCUT2D eigenvalue weighted by atomic mass is 10.1. The Kier molecular flexibility index (Phi) is 2.51. The minimum atomic E-state index is -0.784. The van der Waals surface area contributed by atoms with E-state index in [-0.39, 0.29) is 5.39 Å². The average molecular weight is 217 g/mol. The van der Waals surface area contributed by atoms with Crippen molar-refractivity contribution in [3.8, 4) is 0 Å². The van der Waals surface area contributed by atoms with Crippen LogP contribution in [0.4, 0.5) is 0 Å². The molecule has 0 aliphatic heterocycles. The van der Waals surface area contributed by atoms with E-state index < -0.39 is 11.4 Å². The van der Waals surface area contributed by atoms with E-state index in [9.17, 15) is 14.4 Å². The van der Waals surface area contributed by atoms with Crippen molar-refractivity contribution in [3.05, 3.63) is 50.8 Å². The molecule has 0 saturated carbocycles. The van der Waals surface area contributed by atoms with Crippen LogP contribution in [0.15, 0.2) is 38.3 Å². The Hall–Kier alpha value is -2.43. The lowest BCUT2D eigenvalue weighted by Gasteiger charge is -1.96. The predicted octanol–water partition coefficient (Wildman–Crippen LogP) is 0.693. The summed E-state index contributed by atoms with van der Waals surface area (Å²) >= 11 is 0. The van der Waals surface area contributed by atoms with Gasteiger partial charge < -0.3 is 4.42 Å². The highest BCUT2D eigenvalue weighted by Crippen LogP contribution is 2.10. The van der Waals surface area contributed by atoms with Crippen LogP contribution in [-0.2, 0) is 4.79 Å². The largest absolute Gasteiger partial charge is 0.419 e. The normalized spacial score (nSPS) is 11.0. The highest BCUT2D eigenvalue weighted by atomic mass is 16.4. The topological polar surface area (TPSA) is 80.1 Å². The molecule has 5 heteroatoms. The number of hydrogen-bond acceptors (Lipinski definition) is 4. The zero-order valence-electron chi connectivity index (χ0n) is 8.10.